The van der Waals surface area contributed by atoms with Crippen molar-refractivity contribution in [2.45, 2.75) is 57.5 Å². The van der Waals surface area contributed by atoms with Gasteiger partial charge in [-0.05, 0) is 32.4 Å². The van der Waals surface area contributed by atoms with E-state index in [-0.39, 0.29) is 6.04 Å². The topological polar surface area (TPSA) is 49.4 Å². The quantitative estimate of drug-likeness (QED) is 0.712. The molecule has 1 atom stereocenters. The fraction of sp³-hybridized carbons (Fsp3) is 0.714. The lowest BCUT2D eigenvalue weighted by molar-refractivity contribution is 0.369. The normalized spacial score (nSPS) is 13.8. The van der Waals surface area contributed by atoms with Gasteiger partial charge < -0.3 is 5.32 Å². The monoisotopic (exact) mass is 318 g/mol. The first-order valence-electron chi connectivity index (χ1n) is 7.19. The van der Waals surface area contributed by atoms with Gasteiger partial charge in [-0.3, -0.25) is 0 Å². The van der Waals surface area contributed by atoms with Crippen LogP contribution >= 0.6 is 11.3 Å². The molecule has 0 aliphatic rings. The molecule has 20 heavy (non-hydrogen) atoms. The number of rotatable bonds is 9. The first-order valence-corrected chi connectivity index (χ1v) is 9.51. The Labute approximate surface area is 127 Å². The smallest absolute Gasteiger partial charge is 0.243 e. The highest BCUT2D eigenvalue weighted by Gasteiger charge is 2.25. The van der Waals surface area contributed by atoms with Crippen molar-refractivity contribution in [3.8, 4) is 0 Å². The van der Waals surface area contributed by atoms with Crippen molar-refractivity contribution in [1.82, 2.24) is 9.62 Å². The number of nitrogens with one attached hydrogen (secondary N) is 1. The van der Waals surface area contributed by atoms with Crippen molar-refractivity contribution in [2.75, 3.05) is 13.6 Å². The standard InChI is InChI=1S/C14H26N2O2S2/c1-5-7-12(3)16(4)20(17,18)14-9-13(19-11-14)10-15-8-6-2/h9,11-12,15H,5-8,10H2,1-4H3. The van der Waals surface area contributed by atoms with Crippen molar-refractivity contribution in [1.29, 1.82) is 0 Å². The maximum Gasteiger partial charge on any atom is 0.243 e. The molecule has 0 spiro atoms. The summed E-state index contributed by atoms with van der Waals surface area (Å²) in [6, 6.07) is 1.82. The van der Waals surface area contributed by atoms with E-state index in [2.05, 4.69) is 19.2 Å². The van der Waals surface area contributed by atoms with Crippen molar-refractivity contribution >= 4 is 21.4 Å². The number of hydrogen-bond acceptors (Lipinski definition) is 4. The first-order chi connectivity index (χ1) is 9.43. The lowest BCUT2D eigenvalue weighted by Gasteiger charge is -2.23. The third-order valence-corrected chi connectivity index (χ3v) is 6.40. The lowest BCUT2D eigenvalue weighted by atomic mass is 10.2. The summed E-state index contributed by atoms with van der Waals surface area (Å²) in [5.41, 5.74) is 0. The average Bonchev–Trinajstić information content (AvgIpc) is 2.88. The summed E-state index contributed by atoms with van der Waals surface area (Å²) in [5, 5.41) is 5.03. The van der Waals surface area contributed by atoms with Gasteiger partial charge >= 0.3 is 0 Å². The molecule has 0 aromatic carbocycles. The van der Waals surface area contributed by atoms with Crippen molar-refractivity contribution < 1.29 is 8.42 Å². The van der Waals surface area contributed by atoms with Crippen LogP contribution in [0.15, 0.2) is 16.3 Å². The molecule has 0 fully saturated rings. The Bertz CT molecular complexity index is 497. The molecule has 0 amide bonds. The summed E-state index contributed by atoms with van der Waals surface area (Å²) in [6.45, 7) is 7.83. The fourth-order valence-electron chi connectivity index (χ4n) is 1.98. The molecule has 0 bridgehead atoms. The van der Waals surface area contributed by atoms with Gasteiger partial charge in [0.15, 0.2) is 0 Å². The molecule has 4 nitrogen and oxygen atoms in total. The van der Waals surface area contributed by atoms with E-state index in [1.807, 2.05) is 6.92 Å². The third-order valence-electron chi connectivity index (χ3n) is 3.36. The molecule has 1 aromatic rings. The molecule has 0 radical (unpaired) electrons. The number of thiophene rings is 1. The molecule has 0 saturated carbocycles. The highest BCUT2D eigenvalue weighted by molar-refractivity contribution is 7.89. The van der Waals surface area contributed by atoms with Crippen molar-refractivity contribution in [2.24, 2.45) is 0 Å². The largest absolute Gasteiger partial charge is 0.312 e. The summed E-state index contributed by atoms with van der Waals surface area (Å²) in [6.07, 6.45) is 2.94. The predicted molar refractivity (Wildman–Crippen MR) is 85.6 cm³/mol. The Morgan fingerprint density at radius 2 is 2.05 bits per heavy atom. The van der Waals surface area contributed by atoms with E-state index in [4.69, 9.17) is 0 Å². The Balaban J connectivity index is 2.77. The molecule has 0 aliphatic carbocycles. The molecular formula is C14H26N2O2S2. The summed E-state index contributed by atoms with van der Waals surface area (Å²) in [7, 11) is -1.69. The van der Waals surface area contributed by atoms with E-state index in [1.165, 1.54) is 15.6 Å². The van der Waals surface area contributed by atoms with E-state index >= 15 is 0 Å². The molecule has 1 N–H and O–H groups in total. The summed E-state index contributed by atoms with van der Waals surface area (Å²) in [5.74, 6) is 0. The fourth-order valence-corrected chi connectivity index (χ4v) is 4.60. The van der Waals surface area contributed by atoms with Crippen LogP contribution in [-0.2, 0) is 16.6 Å². The Hall–Kier alpha value is -0.430. The second-order valence-electron chi connectivity index (χ2n) is 5.08. The van der Waals surface area contributed by atoms with Gasteiger partial charge in [-0.2, -0.15) is 4.31 Å². The Kier molecular flexibility index (Phi) is 7.15. The molecule has 6 heteroatoms. The number of sulfonamides is 1. The van der Waals surface area contributed by atoms with E-state index in [0.29, 0.717) is 4.90 Å². The van der Waals surface area contributed by atoms with E-state index in [9.17, 15) is 8.42 Å². The summed E-state index contributed by atoms with van der Waals surface area (Å²) in [4.78, 5) is 1.48. The van der Waals surface area contributed by atoms with E-state index in [0.717, 1.165) is 37.2 Å². The van der Waals surface area contributed by atoms with Gasteiger partial charge in [0.1, 0.15) is 0 Å². The van der Waals surface area contributed by atoms with Crippen molar-refractivity contribution in [3.63, 3.8) is 0 Å². The summed E-state index contributed by atoms with van der Waals surface area (Å²) < 4.78 is 26.5. The third kappa shape index (κ3) is 4.55. The van der Waals surface area contributed by atoms with Gasteiger partial charge in [-0.15, -0.1) is 11.3 Å². The van der Waals surface area contributed by atoms with Crippen LogP contribution in [0.4, 0.5) is 0 Å². The van der Waals surface area contributed by atoms with Gasteiger partial charge in [0.2, 0.25) is 10.0 Å². The van der Waals surface area contributed by atoms with Crippen LogP contribution in [0.25, 0.3) is 0 Å². The average molecular weight is 319 g/mol. The second kappa shape index (κ2) is 8.12. The van der Waals surface area contributed by atoms with Crippen LogP contribution in [-0.4, -0.2) is 32.4 Å². The van der Waals surface area contributed by atoms with Gasteiger partial charge in [0, 0.05) is 29.9 Å². The molecular weight excluding hydrogens is 292 g/mol. The van der Waals surface area contributed by atoms with E-state index in [1.54, 1.807) is 18.5 Å². The van der Waals surface area contributed by atoms with Crippen LogP contribution < -0.4 is 5.32 Å². The van der Waals surface area contributed by atoms with Gasteiger partial charge in [0.05, 0.1) is 4.90 Å². The van der Waals surface area contributed by atoms with Crippen molar-refractivity contribution in [3.05, 3.63) is 16.3 Å². The number of hydrogen-bond donors (Lipinski definition) is 1. The van der Waals surface area contributed by atoms with Gasteiger partial charge in [-0.1, -0.05) is 20.3 Å². The molecule has 0 saturated heterocycles. The van der Waals surface area contributed by atoms with Gasteiger partial charge in [-0.25, -0.2) is 8.42 Å². The molecule has 1 rings (SSSR count). The maximum absolute atomic E-state index is 12.5. The Morgan fingerprint density at radius 3 is 2.65 bits per heavy atom. The second-order valence-corrected chi connectivity index (χ2v) is 8.08. The zero-order chi connectivity index (χ0) is 15.2. The highest BCUT2D eigenvalue weighted by atomic mass is 32.2. The van der Waals surface area contributed by atoms with Crippen LogP contribution in [0.1, 0.15) is 44.9 Å². The minimum Gasteiger partial charge on any atom is -0.312 e. The predicted octanol–water partition coefficient (Wildman–Crippen LogP) is 3.06. The molecule has 0 aliphatic heterocycles. The van der Waals surface area contributed by atoms with Crippen LogP contribution in [0, 0.1) is 0 Å². The SMILES string of the molecule is CCCNCc1cc(S(=O)(=O)N(C)C(C)CCC)cs1. The van der Waals surface area contributed by atoms with Crippen LogP contribution in [0.3, 0.4) is 0 Å². The lowest BCUT2D eigenvalue weighted by Crippen LogP contribution is -2.34. The Morgan fingerprint density at radius 1 is 1.35 bits per heavy atom. The maximum atomic E-state index is 12.5. The van der Waals surface area contributed by atoms with E-state index < -0.39 is 10.0 Å². The molecule has 1 unspecified atom stereocenters. The minimum atomic E-state index is -3.35. The van der Waals surface area contributed by atoms with Gasteiger partial charge in [0.25, 0.3) is 0 Å². The minimum absolute atomic E-state index is 0.0339. The van der Waals surface area contributed by atoms with Crippen LogP contribution in [0.5, 0.6) is 0 Å². The first kappa shape index (κ1) is 17.6. The number of nitrogens with zero attached hydrogens (tertiary/aromatic N) is 1. The molecule has 116 valence electrons. The zero-order valence-corrected chi connectivity index (χ0v) is 14.5. The molecule has 1 aromatic heterocycles. The molecule has 1 heterocycles. The highest BCUT2D eigenvalue weighted by Crippen LogP contribution is 2.24. The zero-order valence-electron chi connectivity index (χ0n) is 12.8. The summed E-state index contributed by atoms with van der Waals surface area (Å²) >= 11 is 1.50. The van der Waals surface area contributed by atoms with Crippen LogP contribution in [0.2, 0.25) is 0 Å².